The van der Waals surface area contributed by atoms with Crippen molar-refractivity contribution in [2.75, 3.05) is 0 Å². The summed E-state index contributed by atoms with van der Waals surface area (Å²) in [5.74, 6) is 0.233. The van der Waals surface area contributed by atoms with Gasteiger partial charge in [0.25, 0.3) is 0 Å². The smallest absolute Gasteiger partial charge is 0.534 e. The van der Waals surface area contributed by atoms with Gasteiger partial charge in [0.15, 0.2) is 0 Å². The highest BCUT2D eigenvalue weighted by atomic mass is 32.2. The van der Waals surface area contributed by atoms with Gasteiger partial charge in [0, 0.05) is 29.5 Å². The molecular weight excluding hydrogens is 437 g/mol. The summed E-state index contributed by atoms with van der Waals surface area (Å²) >= 11 is 0. The maximum absolute atomic E-state index is 12.8. The second-order valence-corrected chi connectivity index (χ2v) is 15.4. The predicted octanol–water partition coefficient (Wildman–Crippen LogP) is 5.74. The molecule has 1 aromatic carbocycles. The molecule has 3 rings (SSSR count). The zero-order chi connectivity index (χ0) is 22.7. The number of rotatable bonds is 4. The SMILES string of the molecule is CC1=C[C@@H]2c3c(cc(OS(=O)(=O)C(F)(F)F)cc3O[Si](C)(C)C)OC(C)(C)[C@@H]2CC1. The van der Waals surface area contributed by atoms with Crippen molar-refractivity contribution in [2.24, 2.45) is 5.92 Å². The first-order valence-electron chi connectivity index (χ1n) is 9.74. The van der Waals surface area contributed by atoms with Crippen molar-refractivity contribution in [2.45, 2.75) is 70.3 Å². The summed E-state index contributed by atoms with van der Waals surface area (Å²) in [5, 5.41) is 0. The molecule has 0 amide bonds. The van der Waals surface area contributed by atoms with Gasteiger partial charge in [-0.15, -0.1) is 0 Å². The highest BCUT2D eigenvalue weighted by Gasteiger charge is 2.50. The Kier molecular flexibility index (Phi) is 5.51. The van der Waals surface area contributed by atoms with Gasteiger partial charge >= 0.3 is 15.6 Å². The molecule has 1 aromatic rings. The molecule has 1 heterocycles. The van der Waals surface area contributed by atoms with Crippen LogP contribution in [0.1, 0.15) is 45.1 Å². The van der Waals surface area contributed by atoms with Gasteiger partial charge in [0.05, 0.1) is 0 Å². The van der Waals surface area contributed by atoms with Crippen LogP contribution >= 0.6 is 0 Å². The monoisotopic (exact) mass is 464 g/mol. The molecule has 2 atom stereocenters. The number of halogens is 3. The first-order chi connectivity index (χ1) is 13.5. The molecule has 10 heteroatoms. The van der Waals surface area contributed by atoms with Crippen molar-refractivity contribution in [1.29, 1.82) is 0 Å². The fourth-order valence-electron chi connectivity index (χ4n) is 4.12. The lowest BCUT2D eigenvalue weighted by molar-refractivity contribution is -0.0500. The van der Waals surface area contributed by atoms with Crippen LogP contribution in [-0.4, -0.2) is 27.8 Å². The number of hydrogen-bond donors (Lipinski definition) is 0. The van der Waals surface area contributed by atoms with Crippen LogP contribution in [0, 0.1) is 5.92 Å². The van der Waals surface area contributed by atoms with E-state index >= 15 is 0 Å². The molecule has 0 bridgehead atoms. The number of ether oxygens (including phenoxy) is 1. The van der Waals surface area contributed by atoms with Gasteiger partial charge in [-0.25, -0.2) is 0 Å². The maximum atomic E-state index is 12.8. The Hall–Kier alpha value is -1.68. The second kappa shape index (κ2) is 7.18. The van der Waals surface area contributed by atoms with E-state index in [0.717, 1.165) is 18.4 Å². The Morgan fingerprint density at radius 1 is 1.20 bits per heavy atom. The van der Waals surface area contributed by atoms with E-state index in [2.05, 4.69) is 10.3 Å². The quantitative estimate of drug-likeness (QED) is 0.246. The van der Waals surface area contributed by atoms with Crippen LogP contribution in [0.25, 0.3) is 0 Å². The van der Waals surface area contributed by atoms with Gasteiger partial charge in [-0.3, -0.25) is 0 Å². The average molecular weight is 465 g/mol. The van der Waals surface area contributed by atoms with E-state index in [-0.39, 0.29) is 17.6 Å². The van der Waals surface area contributed by atoms with E-state index in [1.165, 1.54) is 17.7 Å². The molecule has 0 fully saturated rings. The van der Waals surface area contributed by atoms with Crippen molar-refractivity contribution in [3.63, 3.8) is 0 Å². The minimum atomic E-state index is -5.81. The van der Waals surface area contributed by atoms with Gasteiger partial charge in [-0.2, -0.15) is 21.6 Å². The van der Waals surface area contributed by atoms with Crippen LogP contribution in [-0.2, 0) is 10.1 Å². The standard InChI is InChI=1S/C20H27F3O5SSi/c1-12-7-8-15-14(9-12)18-16(26-19(15,2)3)10-13(11-17(18)28-30(4,5)6)27-29(24,25)20(21,22)23/h9-11,14-15H,7-8H2,1-6H3/t14-,15+/m0/s1. The maximum Gasteiger partial charge on any atom is 0.534 e. The Balaban J connectivity index is 2.19. The third-order valence-corrected chi connectivity index (χ3v) is 7.14. The van der Waals surface area contributed by atoms with Crippen molar-refractivity contribution in [3.8, 4) is 17.2 Å². The Morgan fingerprint density at radius 3 is 2.40 bits per heavy atom. The summed E-state index contributed by atoms with van der Waals surface area (Å²) in [6, 6.07) is 2.45. The Labute approximate surface area is 176 Å². The van der Waals surface area contributed by atoms with Crippen molar-refractivity contribution >= 4 is 18.4 Å². The van der Waals surface area contributed by atoms with E-state index in [0.29, 0.717) is 5.75 Å². The molecule has 0 radical (unpaired) electrons. The molecular formula is C20H27F3O5SSi. The molecule has 1 aliphatic heterocycles. The first-order valence-corrected chi connectivity index (χ1v) is 14.6. The molecule has 5 nitrogen and oxygen atoms in total. The van der Waals surface area contributed by atoms with Gasteiger partial charge in [-0.1, -0.05) is 11.6 Å². The minimum absolute atomic E-state index is 0.0443. The number of alkyl halides is 3. The zero-order valence-corrected chi connectivity index (χ0v) is 19.7. The first kappa shape index (κ1) is 23.0. The van der Waals surface area contributed by atoms with Crippen molar-refractivity contribution < 1.29 is 34.9 Å². The highest BCUT2D eigenvalue weighted by Crippen LogP contribution is 2.54. The molecule has 0 saturated carbocycles. The average Bonchev–Trinajstić information content (AvgIpc) is 2.50. The lowest BCUT2D eigenvalue weighted by atomic mass is 9.68. The Bertz CT molecular complexity index is 977. The zero-order valence-electron chi connectivity index (χ0n) is 17.9. The largest absolute Gasteiger partial charge is 0.544 e. The fourth-order valence-corrected chi connectivity index (χ4v) is 5.39. The van der Waals surface area contributed by atoms with Gasteiger partial charge in [0.2, 0.25) is 8.32 Å². The van der Waals surface area contributed by atoms with Crippen LogP contribution in [0.15, 0.2) is 23.8 Å². The molecule has 0 N–H and O–H groups in total. The molecule has 168 valence electrons. The molecule has 0 spiro atoms. The molecule has 0 unspecified atom stereocenters. The highest BCUT2D eigenvalue weighted by molar-refractivity contribution is 7.88. The van der Waals surface area contributed by atoms with Crippen LogP contribution in [0.2, 0.25) is 19.6 Å². The van der Waals surface area contributed by atoms with Crippen LogP contribution < -0.4 is 13.3 Å². The van der Waals surface area contributed by atoms with Crippen molar-refractivity contribution in [1.82, 2.24) is 0 Å². The number of hydrogen-bond acceptors (Lipinski definition) is 5. The number of fused-ring (bicyclic) bond motifs is 3. The van der Waals surface area contributed by atoms with E-state index < -0.39 is 35.3 Å². The lowest BCUT2D eigenvalue weighted by Crippen LogP contribution is -2.45. The predicted molar refractivity (Wildman–Crippen MR) is 110 cm³/mol. The topological polar surface area (TPSA) is 61.8 Å². The van der Waals surface area contributed by atoms with E-state index in [1.807, 2.05) is 40.4 Å². The third-order valence-electron chi connectivity index (χ3n) is 5.33. The van der Waals surface area contributed by atoms with Gasteiger partial charge in [0.1, 0.15) is 22.8 Å². The number of allylic oxidation sites excluding steroid dienone is 2. The fraction of sp³-hybridized carbons (Fsp3) is 0.600. The van der Waals surface area contributed by atoms with Gasteiger partial charge in [-0.05, 0) is 53.3 Å². The normalized spacial score (nSPS) is 23.6. The molecule has 1 aliphatic carbocycles. The molecule has 0 aromatic heterocycles. The summed E-state index contributed by atoms with van der Waals surface area (Å²) < 4.78 is 78.4. The van der Waals surface area contributed by atoms with E-state index in [4.69, 9.17) is 9.16 Å². The van der Waals surface area contributed by atoms with Crippen LogP contribution in [0.3, 0.4) is 0 Å². The second-order valence-electron chi connectivity index (χ2n) is 9.42. The number of benzene rings is 1. The Morgan fingerprint density at radius 2 is 1.83 bits per heavy atom. The van der Waals surface area contributed by atoms with Crippen LogP contribution in [0.5, 0.6) is 17.2 Å². The van der Waals surface area contributed by atoms with Crippen LogP contribution in [0.4, 0.5) is 13.2 Å². The lowest BCUT2D eigenvalue weighted by Gasteiger charge is -2.47. The van der Waals surface area contributed by atoms with Crippen molar-refractivity contribution in [3.05, 3.63) is 29.3 Å². The van der Waals surface area contributed by atoms with Gasteiger partial charge < -0.3 is 13.3 Å². The summed E-state index contributed by atoms with van der Waals surface area (Å²) in [4.78, 5) is 0. The summed E-state index contributed by atoms with van der Waals surface area (Å²) in [5.41, 5.74) is -4.17. The summed E-state index contributed by atoms with van der Waals surface area (Å²) in [6.07, 6.45) is 4.01. The van der Waals surface area contributed by atoms with E-state index in [9.17, 15) is 21.6 Å². The third kappa shape index (κ3) is 4.49. The molecule has 2 aliphatic rings. The summed E-state index contributed by atoms with van der Waals surface area (Å²) in [6.45, 7) is 11.7. The molecule has 30 heavy (non-hydrogen) atoms. The van der Waals surface area contributed by atoms with E-state index in [1.54, 1.807) is 0 Å². The summed E-state index contributed by atoms with van der Waals surface area (Å²) in [7, 11) is -8.00. The molecule has 0 saturated heterocycles. The minimum Gasteiger partial charge on any atom is -0.544 e.